The number of benzene rings is 1. The van der Waals surface area contributed by atoms with Crippen molar-refractivity contribution in [3.05, 3.63) is 30.1 Å². The molecular formula is C14H20FN3O3S. The number of carbonyl (C=O) groups is 1. The Labute approximate surface area is 129 Å². The standard InChI is InChI=1S/C14H20FN3O3S/c1-22(20,21)16-9-11-5-4-8-18(10-11)14(19)17-13-7-3-2-6-12(13)15/h2-3,6-7,11,16H,4-5,8-10H2,1H3,(H,17,19)/t11-/m0/s1. The summed E-state index contributed by atoms with van der Waals surface area (Å²) in [6.45, 7) is 1.33. The lowest BCUT2D eigenvalue weighted by Crippen LogP contribution is -2.45. The predicted octanol–water partition coefficient (Wildman–Crippen LogP) is 1.62. The summed E-state index contributed by atoms with van der Waals surface area (Å²) in [5, 5.41) is 2.55. The summed E-state index contributed by atoms with van der Waals surface area (Å²) < 4.78 is 38.2. The van der Waals surface area contributed by atoms with Crippen molar-refractivity contribution in [3.8, 4) is 0 Å². The fraction of sp³-hybridized carbons (Fsp3) is 0.500. The number of carbonyl (C=O) groups excluding carboxylic acids is 1. The molecule has 0 aliphatic carbocycles. The summed E-state index contributed by atoms with van der Waals surface area (Å²) in [4.78, 5) is 13.8. The summed E-state index contributed by atoms with van der Waals surface area (Å²) in [5.41, 5.74) is 0.142. The zero-order valence-electron chi connectivity index (χ0n) is 12.4. The van der Waals surface area contributed by atoms with E-state index < -0.39 is 15.8 Å². The van der Waals surface area contributed by atoms with Crippen LogP contribution in [0.3, 0.4) is 0 Å². The maximum Gasteiger partial charge on any atom is 0.321 e. The Hall–Kier alpha value is -1.67. The predicted molar refractivity (Wildman–Crippen MR) is 82.6 cm³/mol. The summed E-state index contributed by atoms with van der Waals surface area (Å²) in [7, 11) is -3.23. The number of urea groups is 1. The Morgan fingerprint density at radius 2 is 2.14 bits per heavy atom. The van der Waals surface area contributed by atoms with Gasteiger partial charge in [0.05, 0.1) is 11.9 Å². The van der Waals surface area contributed by atoms with Crippen molar-refractivity contribution in [1.29, 1.82) is 0 Å². The first-order chi connectivity index (χ1) is 10.3. The highest BCUT2D eigenvalue weighted by atomic mass is 32.2. The molecule has 1 aliphatic heterocycles. The molecule has 2 amide bonds. The van der Waals surface area contributed by atoms with Gasteiger partial charge in [-0.3, -0.25) is 0 Å². The number of nitrogens with zero attached hydrogens (tertiary/aromatic N) is 1. The van der Waals surface area contributed by atoms with E-state index in [0.717, 1.165) is 19.1 Å². The number of amides is 2. The molecule has 1 aliphatic rings. The van der Waals surface area contributed by atoms with E-state index in [1.165, 1.54) is 12.1 Å². The van der Waals surface area contributed by atoms with Crippen LogP contribution in [-0.4, -0.2) is 45.2 Å². The van der Waals surface area contributed by atoms with Crippen LogP contribution < -0.4 is 10.0 Å². The van der Waals surface area contributed by atoms with Gasteiger partial charge in [0.15, 0.2) is 0 Å². The first kappa shape index (κ1) is 16.7. The average Bonchev–Trinajstić information content (AvgIpc) is 2.47. The molecule has 0 radical (unpaired) electrons. The van der Waals surface area contributed by atoms with Crippen molar-refractivity contribution in [2.45, 2.75) is 12.8 Å². The van der Waals surface area contributed by atoms with Crippen LogP contribution in [0.15, 0.2) is 24.3 Å². The number of piperidine rings is 1. The molecule has 22 heavy (non-hydrogen) atoms. The highest BCUT2D eigenvalue weighted by Gasteiger charge is 2.24. The Balaban J connectivity index is 1.91. The molecular weight excluding hydrogens is 309 g/mol. The summed E-state index contributed by atoms with van der Waals surface area (Å²) in [5.74, 6) is -0.419. The third-order valence-electron chi connectivity index (χ3n) is 3.56. The van der Waals surface area contributed by atoms with Crippen LogP contribution in [0.1, 0.15) is 12.8 Å². The first-order valence-electron chi connectivity index (χ1n) is 7.10. The third kappa shape index (κ3) is 4.96. The van der Waals surface area contributed by atoms with E-state index in [1.807, 2.05) is 0 Å². The molecule has 1 atom stereocenters. The second-order valence-corrected chi connectivity index (χ2v) is 7.32. The molecule has 2 rings (SSSR count). The highest BCUT2D eigenvalue weighted by molar-refractivity contribution is 7.88. The lowest BCUT2D eigenvalue weighted by atomic mass is 9.99. The quantitative estimate of drug-likeness (QED) is 0.881. The molecule has 0 saturated carbocycles. The number of sulfonamides is 1. The number of para-hydroxylation sites is 1. The zero-order chi connectivity index (χ0) is 16.2. The van der Waals surface area contributed by atoms with Crippen molar-refractivity contribution in [3.63, 3.8) is 0 Å². The van der Waals surface area contributed by atoms with Gasteiger partial charge in [-0.05, 0) is 30.9 Å². The molecule has 0 bridgehead atoms. The van der Waals surface area contributed by atoms with E-state index in [2.05, 4.69) is 10.0 Å². The molecule has 1 fully saturated rings. The van der Waals surface area contributed by atoms with Crippen LogP contribution >= 0.6 is 0 Å². The van der Waals surface area contributed by atoms with Crippen molar-refractivity contribution >= 4 is 21.7 Å². The minimum Gasteiger partial charge on any atom is -0.324 e. The maximum absolute atomic E-state index is 13.5. The van der Waals surface area contributed by atoms with Gasteiger partial charge in [0, 0.05) is 19.6 Å². The van der Waals surface area contributed by atoms with Crippen LogP contribution in [0.4, 0.5) is 14.9 Å². The first-order valence-corrected chi connectivity index (χ1v) is 8.99. The molecule has 8 heteroatoms. The van der Waals surface area contributed by atoms with Crippen LogP contribution in [0.5, 0.6) is 0 Å². The largest absolute Gasteiger partial charge is 0.324 e. The number of likely N-dealkylation sites (tertiary alicyclic amines) is 1. The van der Waals surface area contributed by atoms with Crippen molar-refractivity contribution in [1.82, 2.24) is 9.62 Å². The molecule has 0 aromatic heterocycles. The van der Waals surface area contributed by atoms with Crippen molar-refractivity contribution in [2.75, 3.05) is 31.2 Å². The average molecular weight is 329 g/mol. The normalized spacial score (nSPS) is 19.0. The van der Waals surface area contributed by atoms with Gasteiger partial charge in [0.1, 0.15) is 5.82 Å². The van der Waals surface area contributed by atoms with Gasteiger partial charge in [0.25, 0.3) is 0 Å². The molecule has 0 unspecified atom stereocenters. The Kier molecular flexibility index (Phi) is 5.36. The van der Waals surface area contributed by atoms with E-state index in [1.54, 1.807) is 17.0 Å². The SMILES string of the molecule is CS(=O)(=O)NC[C@@H]1CCCN(C(=O)Nc2ccccc2F)C1. The molecule has 0 spiro atoms. The van der Waals surface area contributed by atoms with Gasteiger partial charge in [0.2, 0.25) is 10.0 Å². The topological polar surface area (TPSA) is 78.5 Å². The Morgan fingerprint density at radius 3 is 2.82 bits per heavy atom. The lowest BCUT2D eigenvalue weighted by Gasteiger charge is -2.32. The number of hydrogen-bond acceptors (Lipinski definition) is 3. The Bertz CT molecular complexity index is 636. The van der Waals surface area contributed by atoms with Crippen molar-refractivity contribution < 1.29 is 17.6 Å². The smallest absolute Gasteiger partial charge is 0.321 e. The summed E-state index contributed by atoms with van der Waals surface area (Å²) >= 11 is 0. The Morgan fingerprint density at radius 1 is 1.41 bits per heavy atom. The number of halogens is 1. The van der Waals surface area contributed by atoms with Gasteiger partial charge < -0.3 is 10.2 Å². The highest BCUT2D eigenvalue weighted by Crippen LogP contribution is 2.18. The summed E-state index contributed by atoms with van der Waals surface area (Å²) in [6, 6.07) is 5.62. The number of nitrogens with one attached hydrogen (secondary N) is 2. The van der Waals surface area contributed by atoms with Gasteiger partial charge in [-0.25, -0.2) is 22.3 Å². The second kappa shape index (κ2) is 7.06. The van der Waals surface area contributed by atoms with Crippen LogP contribution in [-0.2, 0) is 10.0 Å². The fourth-order valence-corrected chi connectivity index (χ4v) is 2.98. The van der Waals surface area contributed by atoms with Crippen molar-refractivity contribution in [2.24, 2.45) is 5.92 Å². The maximum atomic E-state index is 13.5. The number of anilines is 1. The molecule has 122 valence electrons. The van der Waals surface area contributed by atoms with Gasteiger partial charge in [-0.15, -0.1) is 0 Å². The molecule has 6 nitrogen and oxygen atoms in total. The minimum atomic E-state index is -3.23. The van der Waals surface area contributed by atoms with E-state index in [-0.39, 0.29) is 17.6 Å². The van der Waals surface area contributed by atoms with E-state index in [0.29, 0.717) is 19.6 Å². The van der Waals surface area contributed by atoms with Crippen LogP contribution in [0, 0.1) is 11.7 Å². The second-order valence-electron chi connectivity index (χ2n) is 5.48. The van der Waals surface area contributed by atoms with Gasteiger partial charge >= 0.3 is 6.03 Å². The van der Waals surface area contributed by atoms with E-state index in [4.69, 9.17) is 0 Å². The van der Waals surface area contributed by atoms with Crippen LogP contribution in [0.25, 0.3) is 0 Å². The van der Waals surface area contributed by atoms with Gasteiger partial charge in [-0.2, -0.15) is 0 Å². The van der Waals surface area contributed by atoms with Gasteiger partial charge in [-0.1, -0.05) is 12.1 Å². The fourth-order valence-electron chi connectivity index (χ4n) is 2.44. The molecule has 1 aromatic carbocycles. The molecule has 1 aromatic rings. The molecule has 2 N–H and O–H groups in total. The molecule has 1 heterocycles. The van der Waals surface area contributed by atoms with E-state index >= 15 is 0 Å². The lowest BCUT2D eigenvalue weighted by molar-refractivity contribution is 0.178. The minimum absolute atomic E-state index is 0.0647. The number of hydrogen-bond donors (Lipinski definition) is 2. The molecule has 1 saturated heterocycles. The van der Waals surface area contributed by atoms with Crippen LogP contribution in [0.2, 0.25) is 0 Å². The summed E-state index contributed by atoms with van der Waals surface area (Å²) in [6.07, 6.45) is 2.76. The van der Waals surface area contributed by atoms with E-state index in [9.17, 15) is 17.6 Å². The zero-order valence-corrected chi connectivity index (χ0v) is 13.2. The number of rotatable bonds is 4. The monoisotopic (exact) mass is 329 g/mol. The third-order valence-corrected chi connectivity index (χ3v) is 4.25.